The molecule has 3 heteroatoms. The van der Waals surface area contributed by atoms with E-state index in [0.29, 0.717) is 18.4 Å². The van der Waals surface area contributed by atoms with Crippen LogP contribution in [0, 0.1) is 11.8 Å². The van der Waals surface area contributed by atoms with Crippen molar-refractivity contribution < 1.29 is 4.74 Å². The molecule has 0 rings (SSSR count). The van der Waals surface area contributed by atoms with E-state index in [2.05, 4.69) is 39.5 Å². The molecule has 0 saturated heterocycles. The SMILES string of the molecule is COCCN(CC(C)C)C(C)(CN)C(C)C. The maximum atomic E-state index is 5.97. The van der Waals surface area contributed by atoms with Gasteiger partial charge < -0.3 is 10.5 Å². The summed E-state index contributed by atoms with van der Waals surface area (Å²) in [5.41, 5.74) is 6.05. The normalized spacial score (nSPS) is 16.1. The summed E-state index contributed by atoms with van der Waals surface area (Å²) in [5, 5.41) is 0. The van der Waals surface area contributed by atoms with Crippen molar-refractivity contribution in [2.45, 2.75) is 40.2 Å². The molecule has 2 N–H and O–H groups in total. The van der Waals surface area contributed by atoms with E-state index in [1.54, 1.807) is 7.11 Å². The smallest absolute Gasteiger partial charge is 0.0589 e. The minimum atomic E-state index is 0.0722. The third-order valence-electron chi connectivity index (χ3n) is 3.53. The van der Waals surface area contributed by atoms with Crippen LogP contribution in [0.5, 0.6) is 0 Å². The van der Waals surface area contributed by atoms with Gasteiger partial charge in [0.25, 0.3) is 0 Å². The summed E-state index contributed by atoms with van der Waals surface area (Å²) in [6.45, 7) is 14.7. The first kappa shape index (κ1) is 15.9. The molecule has 1 unspecified atom stereocenters. The molecule has 0 bridgehead atoms. The van der Waals surface area contributed by atoms with Crippen molar-refractivity contribution in [1.82, 2.24) is 4.90 Å². The number of nitrogens with two attached hydrogens (primary N) is 1. The fourth-order valence-corrected chi connectivity index (χ4v) is 1.93. The Balaban J connectivity index is 4.67. The quantitative estimate of drug-likeness (QED) is 0.693. The van der Waals surface area contributed by atoms with Crippen LogP contribution < -0.4 is 5.73 Å². The molecule has 0 aromatic rings. The molecule has 16 heavy (non-hydrogen) atoms. The molecule has 0 amide bonds. The van der Waals surface area contributed by atoms with Gasteiger partial charge in [-0.2, -0.15) is 0 Å². The van der Waals surface area contributed by atoms with Gasteiger partial charge in [0.15, 0.2) is 0 Å². The molecule has 0 aliphatic heterocycles. The first-order chi connectivity index (χ1) is 7.38. The van der Waals surface area contributed by atoms with Crippen LogP contribution in [-0.4, -0.2) is 43.8 Å². The van der Waals surface area contributed by atoms with Crippen molar-refractivity contribution in [2.24, 2.45) is 17.6 Å². The minimum absolute atomic E-state index is 0.0722. The van der Waals surface area contributed by atoms with Gasteiger partial charge in [0, 0.05) is 32.3 Å². The second-order valence-electron chi connectivity index (χ2n) is 5.55. The Morgan fingerprint density at radius 2 is 1.81 bits per heavy atom. The van der Waals surface area contributed by atoms with Crippen molar-refractivity contribution in [2.75, 3.05) is 33.4 Å². The average molecular weight is 230 g/mol. The van der Waals surface area contributed by atoms with Crippen molar-refractivity contribution in [1.29, 1.82) is 0 Å². The molecule has 0 radical (unpaired) electrons. The van der Waals surface area contributed by atoms with Gasteiger partial charge in [0.2, 0.25) is 0 Å². The summed E-state index contributed by atoms with van der Waals surface area (Å²) >= 11 is 0. The minimum Gasteiger partial charge on any atom is -0.383 e. The topological polar surface area (TPSA) is 38.5 Å². The fourth-order valence-electron chi connectivity index (χ4n) is 1.93. The molecule has 0 aromatic carbocycles. The standard InChI is InChI=1S/C13H30N2O/c1-11(2)9-15(7-8-16-6)13(5,10-14)12(3)4/h11-12H,7-10,14H2,1-6H3. The molecule has 0 aliphatic rings. The van der Waals surface area contributed by atoms with Crippen LogP contribution in [0.25, 0.3) is 0 Å². The van der Waals surface area contributed by atoms with Crippen LogP contribution in [0.2, 0.25) is 0 Å². The van der Waals surface area contributed by atoms with Crippen LogP contribution >= 0.6 is 0 Å². The zero-order chi connectivity index (χ0) is 12.8. The Labute approximate surface area is 101 Å². The first-order valence-electron chi connectivity index (χ1n) is 6.32. The largest absolute Gasteiger partial charge is 0.383 e. The first-order valence-corrected chi connectivity index (χ1v) is 6.32. The summed E-state index contributed by atoms with van der Waals surface area (Å²) < 4.78 is 5.19. The van der Waals surface area contributed by atoms with Gasteiger partial charge in [-0.15, -0.1) is 0 Å². The van der Waals surface area contributed by atoms with Gasteiger partial charge >= 0.3 is 0 Å². The second kappa shape index (κ2) is 7.25. The maximum Gasteiger partial charge on any atom is 0.0589 e. The Hall–Kier alpha value is -0.120. The molecule has 3 nitrogen and oxygen atoms in total. The molecule has 0 spiro atoms. The third-order valence-corrected chi connectivity index (χ3v) is 3.53. The lowest BCUT2D eigenvalue weighted by atomic mass is 9.86. The molecular formula is C13H30N2O. The fraction of sp³-hybridized carbons (Fsp3) is 1.00. The van der Waals surface area contributed by atoms with E-state index in [1.807, 2.05) is 0 Å². The molecule has 0 aromatic heterocycles. The second-order valence-corrected chi connectivity index (χ2v) is 5.55. The number of hydrogen-bond acceptors (Lipinski definition) is 3. The Kier molecular flexibility index (Phi) is 7.20. The Morgan fingerprint density at radius 1 is 1.25 bits per heavy atom. The van der Waals surface area contributed by atoms with Gasteiger partial charge in [-0.05, 0) is 18.8 Å². The monoisotopic (exact) mass is 230 g/mol. The lowest BCUT2D eigenvalue weighted by Gasteiger charge is -2.44. The van der Waals surface area contributed by atoms with Crippen LogP contribution in [0.4, 0.5) is 0 Å². The van der Waals surface area contributed by atoms with E-state index in [9.17, 15) is 0 Å². The Bertz CT molecular complexity index is 183. The summed E-state index contributed by atoms with van der Waals surface area (Å²) in [4.78, 5) is 2.48. The van der Waals surface area contributed by atoms with Crippen molar-refractivity contribution in [3.63, 3.8) is 0 Å². The molecule has 1 atom stereocenters. The van der Waals surface area contributed by atoms with Crippen molar-refractivity contribution in [3.8, 4) is 0 Å². The molecule has 98 valence electrons. The van der Waals surface area contributed by atoms with E-state index >= 15 is 0 Å². The predicted molar refractivity (Wildman–Crippen MR) is 70.6 cm³/mol. The molecule has 0 saturated carbocycles. The van der Waals surface area contributed by atoms with Crippen LogP contribution in [0.15, 0.2) is 0 Å². The Morgan fingerprint density at radius 3 is 2.12 bits per heavy atom. The number of ether oxygens (including phenoxy) is 1. The van der Waals surface area contributed by atoms with Gasteiger partial charge in [-0.1, -0.05) is 27.7 Å². The third kappa shape index (κ3) is 4.40. The van der Waals surface area contributed by atoms with E-state index in [-0.39, 0.29) is 5.54 Å². The highest BCUT2D eigenvalue weighted by Crippen LogP contribution is 2.24. The molecular weight excluding hydrogens is 200 g/mol. The number of hydrogen-bond donors (Lipinski definition) is 1. The molecule has 0 heterocycles. The highest BCUT2D eigenvalue weighted by molar-refractivity contribution is 4.90. The molecule has 0 aliphatic carbocycles. The van der Waals surface area contributed by atoms with Crippen LogP contribution in [0.1, 0.15) is 34.6 Å². The zero-order valence-corrected chi connectivity index (χ0v) is 11.9. The van der Waals surface area contributed by atoms with Gasteiger partial charge in [0.1, 0.15) is 0 Å². The van der Waals surface area contributed by atoms with E-state index < -0.39 is 0 Å². The van der Waals surface area contributed by atoms with E-state index in [4.69, 9.17) is 10.5 Å². The summed E-state index contributed by atoms with van der Waals surface area (Å²) in [6, 6.07) is 0. The van der Waals surface area contributed by atoms with Gasteiger partial charge in [-0.3, -0.25) is 4.90 Å². The summed E-state index contributed by atoms with van der Waals surface area (Å²) in [6.07, 6.45) is 0. The maximum absolute atomic E-state index is 5.97. The lowest BCUT2D eigenvalue weighted by molar-refractivity contribution is 0.0318. The number of nitrogens with zero attached hydrogens (tertiary/aromatic N) is 1. The van der Waals surface area contributed by atoms with E-state index in [0.717, 1.165) is 19.7 Å². The number of rotatable bonds is 8. The average Bonchev–Trinajstić information content (AvgIpc) is 2.22. The van der Waals surface area contributed by atoms with E-state index in [1.165, 1.54) is 0 Å². The van der Waals surface area contributed by atoms with Crippen molar-refractivity contribution in [3.05, 3.63) is 0 Å². The van der Waals surface area contributed by atoms with Gasteiger partial charge in [0.05, 0.1) is 6.61 Å². The van der Waals surface area contributed by atoms with Crippen molar-refractivity contribution >= 4 is 0 Å². The summed E-state index contributed by atoms with van der Waals surface area (Å²) in [5.74, 6) is 1.20. The van der Waals surface area contributed by atoms with Crippen LogP contribution in [-0.2, 0) is 4.74 Å². The number of methoxy groups -OCH3 is 1. The van der Waals surface area contributed by atoms with Gasteiger partial charge in [-0.25, -0.2) is 0 Å². The highest BCUT2D eigenvalue weighted by Gasteiger charge is 2.33. The summed E-state index contributed by atoms with van der Waals surface area (Å²) in [7, 11) is 1.75. The highest BCUT2D eigenvalue weighted by atomic mass is 16.5. The molecule has 0 fully saturated rings. The van der Waals surface area contributed by atoms with Crippen LogP contribution in [0.3, 0.4) is 0 Å². The zero-order valence-electron chi connectivity index (χ0n) is 11.9. The lowest BCUT2D eigenvalue weighted by Crippen LogP contribution is -2.57. The predicted octanol–water partition coefficient (Wildman–Crippen LogP) is 1.96.